The van der Waals surface area contributed by atoms with E-state index in [0.29, 0.717) is 41.3 Å². The number of nitrogens with one attached hydrogen (secondary N) is 1. The third-order valence-corrected chi connectivity index (χ3v) is 6.89. The molecule has 3 saturated heterocycles. The number of hydrogen-bond acceptors (Lipinski definition) is 4. The number of nitrogens with zero attached hydrogens (tertiary/aromatic N) is 3. The van der Waals surface area contributed by atoms with Crippen LogP contribution >= 0.6 is 0 Å². The lowest BCUT2D eigenvalue weighted by Crippen LogP contribution is -2.60. The second-order valence-corrected chi connectivity index (χ2v) is 9.14. The number of piperidine rings is 3. The predicted molar refractivity (Wildman–Crippen MR) is 115 cm³/mol. The maximum Gasteiger partial charge on any atom is 0.253 e. The van der Waals surface area contributed by atoms with Crippen molar-refractivity contribution in [1.29, 1.82) is 0 Å². The molecule has 0 spiro atoms. The summed E-state index contributed by atoms with van der Waals surface area (Å²) in [6.45, 7) is 2.59. The number of fused-ring (bicyclic) bond motifs is 4. The summed E-state index contributed by atoms with van der Waals surface area (Å²) in [6.07, 6.45) is 5.44. The van der Waals surface area contributed by atoms with Crippen molar-refractivity contribution in [2.24, 2.45) is 11.8 Å². The topological polar surface area (TPSA) is 65.5 Å². The Morgan fingerprint density at radius 3 is 2.69 bits per heavy atom. The van der Waals surface area contributed by atoms with Crippen molar-refractivity contribution in [3.63, 3.8) is 0 Å². The number of hydrogen-bond donors (Lipinski definition) is 1. The van der Waals surface area contributed by atoms with Gasteiger partial charge in [-0.25, -0.2) is 13.8 Å². The van der Waals surface area contributed by atoms with Crippen LogP contribution in [0.4, 0.5) is 14.6 Å². The minimum atomic E-state index is -0.674. The second kappa shape index (κ2) is 8.48. The zero-order chi connectivity index (χ0) is 22.2. The van der Waals surface area contributed by atoms with Gasteiger partial charge in [0.05, 0.1) is 5.56 Å². The molecule has 3 aliphatic heterocycles. The average Bonchev–Trinajstić information content (AvgIpc) is 2.78. The molecule has 0 radical (unpaired) electrons. The van der Waals surface area contributed by atoms with Crippen molar-refractivity contribution in [2.45, 2.75) is 38.3 Å². The fraction of sp³-hybridized carbons (Fsp3) is 0.458. The molecule has 6 nitrogen and oxygen atoms in total. The van der Waals surface area contributed by atoms with Crippen molar-refractivity contribution in [3.05, 3.63) is 59.3 Å². The summed E-state index contributed by atoms with van der Waals surface area (Å²) in [4.78, 5) is 33.7. The van der Waals surface area contributed by atoms with Crippen LogP contribution in [0.2, 0.25) is 0 Å². The Morgan fingerprint density at radius 2 is 1.94 bits per heavy atom. The van der Waals surface area contributed by atoms with Crippen LogP contribution in [0, 0.1) is 23.5 Å². The lowest BCUT2D eigenvalue weighted by atomic mass is 9.76. The summed E-state index contributed by atoms with van der Waals surface area (Å²) in [5.41, 5.74) is 0.752. The lowest BCUT2D eigenvalue weighted by Gasteiger charge is -2.52. The molecule has 2 aromatic rings. The minimum absolute atomic E-state index is 0.0291. The van der Waals surface area contributed by atoms with Crippen molar-refractivity contribution in [1.82, 2.24) is 15.2 Å². The highest BCUT2D eigenvalue weighted by molar-refractivity contribution is 5.94. The molecule has 168 valence electrons. The summed E-state index contributed by atoms with van der Waals surface area (Å²) >= 11 is 0. The normalized spacial score (nSPS) is 24.8. The zero-order valence-electron chi connectivity index (χ0n) is 17.8. The number of benzene rings is 1. The molecule has 1 aromatic heterocycles. The largest absolute Gasteiger partial charge is 0.356 e. The van der Waals surface area contributed by atoms with Crippen molar-refractivity contribution >= 4 is 17.6 Å². The number of carbonyl (C=O) groups is 2. The number of anilines is 1. The molecule has 3 atom stereocenters. The number of rotatable bonds is 4. The van der Waals surface area contributed by atoms with E-state index in [2.05, 4.69) is 20.1 Å². The first-order valence-electron chi connectivity index (χ1n) is 11.2. The lowest BCUT2D eigenvalue weighted by molar-refractivity contribution is -0.142. The quantitative estimate of drug-likeness (QED) is 0.794. The Kier molecular flexibility index (Phi) is 5.53. The van der Waals surface area contributed by atoms with Crippen LogP contribution in [0.15, 0.2) is 36.5 Å². The first-order valence-corrected chi connectivity index (χ1v) is 11.2. The number of amides is 2. The van der Waals surface area contributed by atoms with Crippen LogP contribution in [0.3, 0.4) is 0 Å². The average molecular weight is 440 g/mol. The first-order chi connectivity index (χ1) is 15.5. The molecular weight excluding hydrogens is 414 g/mol. The summed E-state index contributed by atoms with van der Waals surface area (Å²) in [5, 5.41) is 2.67. The van der Waals surface area contributed by atoms with E-state index in [9.17, 15) is 18.4 Å². The van der Waals surface area contributed by atoms with Gasteiger partial charge in [-0.3, -0.25) is 9.59 Å². The standard InChI is InChI=1S/C24H26F2N4O2/c25-19-7-15(8-20(26)9-19)10-28-24(32)17-4-5-22(27-11-17)29-12-16-6-18(14-29)21-2-1-3-23(31)30(21)13-16/h4-5,7-9,11,16,18,21H,1-3,6,10,12-14H2,(H,28,32)/t16-,18-,21-/m1/s1. The zero-order valence-corrected chi connectivity index (χ0v) is 17.8. The Bertz CT molecular complexity index is 1010. The second-order valence-electron chi connectivity index (χ2n) is 9.14. The van der Waals surface area contributed by atoms with Gasteiger partial charge < -0.3 is 15.1 Å². The van der Waals surface area contributed by atoms with Crippen LogP contribution in [0.1, 0.15) is 41.6 Å². The van der Waals surface area contributed by atoms with Gasteiger partial charge in [-0.05, 0) is 60.9 Å². The molecule has 3 aliphatic rings. The molecule has 0 saturated carbocycles. The molecule has 3 fully saturated rings. The van der Waals surface area contributed by atoms with Gasteiger partial charge >= 0.3 is 0 Å². The third kappa shape index (κ3) is 4.18. The summed E-state index contributed by atoms with van der Waals surface area (Å²) in [7, 11) is 0. The highest BCUT2D eigenvalue weighted by Crippen LogP contribution is 2.38. The Morgan fingerprint density at radius 1 is 1.12 bits per heavy atom. The van der Waals surface area contributed by atoms with Crippen LogP contribution in [0.5, 0.6) is 0 Å². The highest BCUT2D eigenvalue weighted by Gasteiger charge is 2.44. The fourth-order valence-electron chi connectivity index (χ4n) is 5.50. The molecule has 0 aliphatic carbocycles. The molecule has 1 N–H and O–H groups in total. The van der Waals surface area contributed by atoms with E-state index >= 15 is 0 Å². The molecule has 2 amide bonds. The van der Waals surface area contributed by atoms with E-state index in [0.717, 1.165) is 50.8 Å². The predicted octanol–water partition coefficient (Wildman–Crippen LogP) is 3.13. The molecule has 5 rings (SSSR count). The van der Waals surface area contributed by atoms with Crippen LogP contribution in [0.25, 0.3) is 0 Å². The highest BCUT2D eigenvalue weighted by atomic mass is 19.1. The Balaban J connectivity index is 1.22. The van der Waals surface area contributed by atoms with E-state index in [1.165, 1.54) is 18.3 Å². The van der Waals surface area contributed by atoms with E-state index in [1.54, 1.807) is 6.07 Å². The van der Waals surface area contributed by atoms with Gasteiger partial charge in [-0.2, -0.15) is 0 Å². The molecule has 8 heteroatoms. The van der Waals surface area contributed by atoms with E-state index in [-0.39, 0.29) is 12.5 Å². The smallest absolute Gasteiger partial charge is 0.253 e. The van der Waals surface area contributed by atoms with Gasteiger partial charge in [-0.15, -0.1) is 0 Å². The molecule has 2 bridgehead atoms. The van der Waals surface area contributed by atoms with E-state index in [4.69, 9.17) is 0 Å². The Labute approximate surface area is 185 Å². The number of halogens is 2. The van der Waals surface area contributed by atoms with Crippen LogP contribution in [-0.2, 0) is 11.3 Å². The number of aromatic nitrogens is 1. The van der Waals surface area contributed by atoms with Gasteiger partial charge in [0.1, 0.15) is 17.5 Å². The molecular formula is C24H26F2N4O2. The SMILES string of the molecule is O=C(NCc1cc(F)cc(F)c1)c1ccc(N2C[C@H]3C[C@H](C2)[C@H]2CCCC(=O)N2C3)nc1. The molecule has 4 heterocycles. The van der Waals surface area contributed by atoms with Crippen molar-refractivity contribution in [3.8, 4) is 0 Å². The monoisotopic (exact) mass is 440 g/mol. The van der Waals surface area contributed by atoms with Gasteiger partial charge in [0.25, 0.3) is 5.91 Å². The van der Waals surface area contributed by atoms with E-state index < -0.39 is 11.6 Å². The molecule has 0 unspecified atom stereocenters. The van der Waals surface area contributed by atoms with Crippen molar-refractivity contribution < 1.29 is 18.4 Å². The first kappa shape index (κ1) is 20.8. The summed E-state index contributed by atoms with van der Waals surface area (Å²) < 4.78 is 26.6. The van der Waals surface area contributed by atoms with Crippen LogP contribution in [-0.4, -0.2) is 47.4 Å². The van der Waals surface area contributed by atoms with E-state index in [1.807, 2.05) is 6.07 Å². The Hall–Kier alpha value is -3.03. The fourth-order valence-corrected chi connectivity index (χ4v) is 5.50. The minimum Gasteiger partial charge on any atom is -0.356 e. The maximum atomic E-state index is 13.3. The van der Waals surface area contributed by atoms with Gasteiger partial charge in [0, 0.05) is 50.9 Å². The summed E-state index contributed by atoms with van der Waals surface area (Å²) in [5.74, 6) is 0.352. The van der Waals surface area contributed by atoms with Gasteiger partial charge in [0.15, 0.2) is 0 Å². The number of pyridine rings is 1. The van der Waals surface area contributed by atoms with Gasteiger partial charge in [-0.1, -0.05) is 0 Å². The maximum absolute atomic E-state index is 13.3. The molecule has 1 aromatic carbocycles. The van der Waals surface area contributed by atoms with Gasteiger partial charge in [0.2, 0.25) is 5.91 Å². The summed E-state index contributed by atoms with van der Waals surface area (Å²) in [6, 6.07) is 7.10. The van der Waals surface area contributed by atoms with Crippen LogP contribution < -0.4 is 10.2 Å². The number of carbonyl (C=O) groups excluding carboxylic acids is 2. The molecule has 32 heavy (non-hydrogen) atoms. The third-order valence-electron chi connectivity index (χ3n) is 6.89. The van der Waals surface area contributed by atoms with Crippen molar-refractivity contribution in [2.75, 3.05) is 24.5 Å².